The van der Waals surface area contributed by atoms with E-state index in [-0.39, 0.29) is 5.91 Å². The highest BCUT2D eigenvalue weighted by Crippen LogP contribution is 2.32. The molecule has 126 valence electrons. The Kier molecular flexibility index (Phi) is 6.04. The maximum absolute atomic E-state index is 12.1. The van der Waals surface area contributed by atoms with Gasteiger partial charge in [0.25, 0.3) is 0 Å². The maximum Gasteiger partial charge on any atom is 0.225 e. The fourth-order valence-corrected chi connectivity index (χ4v) is 3.86. The number of fused-ring (bicyclic) bond motifs is 1. The van der Waals surface area contributed by atoms with E-state index in [2.05, 4.69) is 27.3 Å². The molecule has 0 unspecified atom stereocenters. The van der Waals surface area contributed by atoms with Gasteiger partial charge in [0.2, 0.25) is 5.91 Å². The molecule has 0 saturated heterocycles. The van der Waals surface area contributed by atoms with Gasteiger partial charge in [0, 0.05) is 34.2 Å². The van der Waals surface area contributed by atoms with E-state index in [0.717, 1.165) is 27.4 Å². The van der Waals surface area contributed by atoms with Gasteiger partial charge in [-0.05, 0) is 23.8 Å². The first kappa shape index (κ1) is 17.2. The van der Waals surface area contributed by atoms with E-state index in [9.17, 15) is 4.79 Å². The van der Waals surface area contributed by atoms with Crippen molar-refractivity contribution in [1.29, 1.82) is 0 Å². The van der Waals surface area contributed by atoms with Crippen LogP contribution in [0.1, 0.15) is 12.0 Å². The summed E-state index contributed by atoms with van der Waals surface area (Å²) in [5, 5.41) is 2.91. The average molecular weight is 408 g/mol. The zero-order chi connectivity index (χ0) is 16.8. The molecule has 0 bridgehead atoms. The predicted octanol–water partition coefficient (Wildman–Crippen LogP) is 4.48. The van der Waals surface area contributed by atoms with Crippen molar-refractivity contribution in [3.8, 4) is 11.5 Å². The van der Waals surface area contributed by atoms with Crippen LogP contribution in [0.2, 0.25) is 0 Å². The van der Waals surface area contributed by atoms with Gasteiger partial charge in [-0.3, -0.25) is 4.79 Å². The molecule has 1 aliphatic heterocycles. The van der Waals surface area contributed by atoms with Gasteiger partial charge in [0.05, 0.1) is 0 Å². The average Bonchev–Trinajstić information content (AvgIpc) is 2.60. The van der Waals surface area contributed by atoms with Gasteiger partial charge in [0.1, 0.15) is 13.2 Å². The lowest BCUT2D eigenvalue weighted by atomic mass is 10.2. The first-order chi connectivity index (χ1) is 11.7. The SMILES string of the molecule is O=C(CCSCc1ccccc1Br)Nc1ccc2c(c1)OCCO2. The summed E-state index contributed by atoms with van der Waals surface area (Å²) in [5.41, 5.74) is 1.98. The van der Waals surface area contributed by atoms with Gasteiger partial charge in [0.15, 0.2) is 11.5 Å². The highest BCUT2D eigenvalue weighted by Gasteiger charge is 2.12. The molecule has 2 aromatic rings. The number of carbonyl (C=O) groups is 1. The minimum Gasteiger partial charge on any atom is -0.486 e. The molecule has 0 radical (unpaired) electrons. The van der Waals surface area contributed by atoms with Crippen molar-refractivity contribution in [3.63, 3.8) is 0 Å². The second-order valence-corrected chi connectivity index (χ2v) is 7.26. The van der Waals surface area contributed by atoms with Crippen LogP contribution in [0.15, 0.2) is 46.9 Å². The van der Waals surface area contributed by atoms with Crippen LogP contribution in [-0.4, -0.2) is 24.9 Å². The molecule has 1 aliphatic rings. The lowest BCUT2D eigenvalue weighted by molar-refractivity contribution is -0.115. The second kappa shape index (κ2) is 8.44. The minimum atomic E-state index is 0.00584. The summed E-state index contributed by atoms with van der Waals surface area (Å²) >= 11 is 5.28. The van der Waals surface area contributed by atoms with Crippen molar-refractivity contribution in [2.45, 2.75) is 12.2 Å². The van der Waals surface area contributed by atoms with E-state index >= 15 is 0 Å². The zero-order valence-electron chi connectivity index (χ0n) is 13.1. The first-order valence-corrected chi connectivity index (χ1v) is 9.68. The molecule has 1 amide bonds. The third-order valence-corrected chi connectivity index (χ3v) is 5.30. The number of halogens is 1. The number of amides is 1. The summed E-state index contributed by atoms with van der Waals surface area (Å²) in [6.45, 7) is 1.10. The molecular formula is C18H18BrNO3S. The summed E-state index contributed by atoms with van der Waals surface area (Å²) in [4.78, 5) is 12.1. The van der Waals surface area contributed by atoms with Crippen LogP contribution in [0.3, 0.4) is 0 Å². The Morgan fingerprint density at radius 2 is 1.92 bits per heavy atom. The summed E-state index contributed by atoms with van der Waals surface area (Å²) in [7, 11) is 0. The van der Waals surface area contributed by atoms with Gasteiger partial charge < -0.3 is 14.8 Å². The van der Waals surface area contributed by atoms with Crippen LogP contribution < -0.4 is 14.8 Å². The van der Waals surface area contributed by atoms with Crippen LogP contribution in [-0.2, 0) is 10.5 Å². The Bertz CT molecular complexity index is 723. The highest BCUT2D eigenvalue weighted by atomic mass is 79.9. The molecule has 3 rings (SSSR count). The second-order valence-electron chi connectivity index (χ2n) is 5.30. The van der Waals surface area contributed by atoms with Crippen LogP contribution in [0.25, 0.3) is 0 Å². The molecule has 0 spiro atoms. The third kappa shape index (κ3) is 4.68. The van der Waals surface area contributed by atoms with E-state index in [1.165, 1.54) is 5.56 Å². The van der Waals surface area contributed by atoms with Crippen LogP contribution in [0.5, 0.6) is 11.5 Å². The zero-order valence-corrected chi connectivity index (χ0v) is 15.5. The molecule has 0 fully saturated rings. The monoisotopic (exact) mass is 407 g/mol. The van der Waals surface area contributed by atoms with E-state index < -0.39 is 0 Å². The smallest absolute Gasteiger partial charge is 0.225 e. The maximum atomic E-state index is 12.1. The number of anilines is 1. The number of thioether (sulfide) groups is 1. The number of hydrogen-bond donors (Lipinski definition) is 1. The standard InChI is InChI=1S/C18H18BrNO3S/c19-15-4-2-1-3-13(15)12-24-10-7-18(21)20-14-5-6-16-17(11-14)23-9-8-22-16/h1-6,11H,7-10,12H2,(H,20,21). The molecule has 24 heavy (non-hydrogen) atoms. The van der Waals surface area contributed by atoms with E-state index in [0.29, 0.717) is 25.4 Å². The Hall–Kier alpha value is -1.66. The van der Waals surface area contributed by atoms with Crippen LogP contribution >= 0.6 is 27.7 Å². The number of hydrogen-bond acceptors (Lipinski definition) is 4. The van der Waals surface area contributed by atoms with E-state index in [1.807, 2.05) is 30.3 Å². The molecule has 0 atom stereocenters. The summed E-state index contributed by atoms with van der Waals surface area (Å²) in [5.74, 6) is 3.08. The molecule has 1 N–H and O–H groups in total. The number of carbonyl (C=O) groups excluding carboxylic acids is 1. The van der Waals surface area contributed by atoms with Crippen LogP contribution in [0.4, 0.5) is 5.69 Å². The first-order valence-electron chi connectivity index (χ1n) is 7.73. The van der Waals surface area contributed by atoms with Crippen molar-refractivity contribution in [2.75, 3.05) is 24.3 Å². The molecule has 6 heteroatoms. The largest absolute Gasteiger partial charge is 0.486 e. The fraction of sp³-hybridized carbons (Fsp3) is 0.278. The Morgan fingerprint density at radius 1 is 1.12 bits per heavy atom. The lowest BCUT2D eigenvalue weighted by Gasteiger charge is -2.19. The molecular weight excluding hydrogens is 390 g/mol. The summed E-state index contributed by atoms with van der Waals surface area (Å²) in [6, 6.07) is 13.6. The van der Waals surface area contributed by atoms with Crippen molar-refractivity contribution >= 4 is 39.3 Å². The normalized spacial score (nSPS) is 12.7. The van der Waals surface area contributed by atoms with Gasteiger partial charge in [-0.1, -0.05) is 34.1 Å². The number of benzene rings is 2. The third-order valence-electron chi connectivity index (χ3n) is 3.51. The summed E-state index contributed by atoms with van der Waals surface area (Å²) in [6.07, 6.45) is 0.476. The summed E-state index contributed by atoms with van der Waals surface area (Å²) < 4.78 is 12.1. The molecule has 4 nitrogen and oxygen atoms in total. The fourth-order valence-electron chi connectivity index (χ4n) is 2.31. The molecule has 0 aromatic heterocycles. The highest BCUT2D eigenvalue weighted by molar-refractivity contribution is 9.10. The van der Waals surface area contributed by atoms with Crippen molar-refractivity contribution in [2.24, 2.45) is 0 Å². The van der Waals surface area contributed by atoms with Gasteiger partial charge in [-0.25, -0.2) is 0 Å². The van der Waals surface area contributed by atoms with Crippen molar-refractivity contribution in [3.05, 3.63) is 52.5 Å². The number of nitrogens with one attached hydrogen (secondary N) is 1. The Labute approximate surface area is 154 Å². The van der Waals surface area contributed by atoms with Gasteiger partial charge in [-0.15, -0.1) is 0 Å². The van der Waals surface area contributed by atoms with Crippen LogP contribution in [0, 0.1) is 0 Å². The predicted molar refractivity (Wildman–Crippen MR) is 101 cm³/mol. The molecule has 1 heterocycles. The Morgan fingerprint density at radius 3 is 2.75 bits per heavy atom. The molecule has 2 aromatic carbocycles. The lowest BCUT2D eigenvalue weighted by Crippen LogP contribution is -2.16. The quantitative estimate of drug-likeness (QED) is 0.716. The van der Waals surface area contributed by atoms with Gasteiger partial charge in [-0.2, -0.15) is 11.8 Å². The van der Waals surface area contributed by atoms with Crippen molar-refractivity contribution in [1.82, 2.24) is 0 Å². The van der Waals surface area contributed by atoms with E-state index in [4.69, 9.17) is 9.47 Å². The topological polar surface area (TPSA) is 47.6 Å². The van der Waals surface area contributed by atoms with E-state index in [1.54, 1.807) is 17.8 Å². The Balaban J connectivity index is 1.43. The van der Waals surface area contributed by atoms with Crippen molar-refractivity contribution < 1.29 is 14.3 Å². The number of rotatable bonds is 6. The molecule has 0 aliphatic carbocycles. The number of ether oxygens (including phenoxy) is 2. The minimum absolute atomic E-state index is 0.00584. The molecule has 0 saturated carbocycles. The van der Waals surface area contributed by atoms with Gasteiger partial charge >= 0.3 is 0 Å².